The number of hydrogen-bond acceptors (Lipinski definition) is 4. The maximum atomic E-state index is 12.4. The fourth-order valence-electron chi connectivity index (χ4n) is 2.79. The molecule has 0 atom stereocenters. The normalized spacial score (nSPS) is 21.2. The second-order valence-corrected chi connectivity index (χ2v) is 5.04. The van der Waals surface area contributed by atoms with E-state index in [1.54, 1.807) is 18.5 Å². The molecule has 3 heterocycles. The lowest BCUT2D eigenvalue weighted by Gasteiger charge is -2.31. The molecule has 0 bridgehead atoms. The van der Waals surface area contributed by atoms with Crippen LogP contribution in [0, 0.1) is 0 Å². The van der Waals surface area contributed by atoms with Crippen LogP contribution >= 0.6 is 0 Å². The second kappa shape index (κ2) is 5.52. The van der Waals surface area contributed by atoms with E-state index >= 15 is 0 Å². The van der Waals surface area contributed by atoms with Crippen molar-refractivity contribution in [1.82, 2.24) is 25.1 Å². The van der Waals surface area contributed by atoms with Gasteiger partial charge >= 0.3 is 6.03 Å². The molecule has 2 amide bonds. The average Bonchev–Trinajstić information content (AvgIpc) is 2.82. The Morgan fingerprint density at radius 1 is 1.21 bits per heavy atom. The number of nitrogens with one attached hydrogen (secondary N) is 1. The van der Waals surface area contributed by atoms with Crippen LogP contribution in [-0.4, -0.2) is 58.0 Å². The average molecular weight is 261 g/mol. The maximum absolute atomic E-state index is 12.4. The molecule has 0 unspecified atom stereocenters. The molecule has 6 nitrogen and oxygen atoms in total. The van der Waals surface area contributed by atoms with Crippen LogP contribution in [0.2, 0.25) is 0 Å². The first-order chi connectivity index (χ1) is 9.34. The number of nitrogens with zero attached hydrogens (tertiary/aromatic N) is 4. The van der Waals surface area contributed by atoms with E-state index in [0.29, 0.717) is 18.4 Å². The number of urea groups is 1. The van der Waals surface area contributed by atoms with Crippen molar-refractivity contribution in [2.75, 3.05) is 26.2 Å². The summed E-state index contributed by atoms with van der Waals surface area (Å²) in [5.74, 6) is 0.711. The van der Waals surface area contributed by atoms with Crippen molar-refractivity contribution in [2.24, 2.45) is 0 Å². The van der Waals surface area contributed by atoms with Gasteiger partial charge in [-0.1, -0.05) is 0 Å². The highest BCUT2D eigenvalue weighted by Crippen LogP contribution is 2.19. The van der Waals surface area contributed by atoms with Gasteiger partial charge in [0.1, 0.15) is 5.82 Å². The summed E-state index contributed by atoms with van der Waals surface area (Å²) in [4.78, 5) is 24.6. The summed E-state index contributed by atoms with van der Waals surface area (Å²) in [6, 6.07) is 2.33. The molecule has 0 saturated carbocycles. The standard InChI is InChI=1S/C13H19N5O/c19-13-17(10-12-15-4-1-5-16-12)8-9-18(13)11-2-6-14-7-3-11/h1,4-5,11,14H,2-3,6-10H2. The lowest BCUT2D eigenvalue weighted by atomic mass is 10.1. The molecule has 2 aliphatic heterocycles. The number of rotatable bonds is 3. The summed E-state index contributed by atoms with van der Waals surface area (Å²) < 4.78 is 0. The number of carbonyl (C=O) groups excluding carboxylic acids is 1. The summed E-state index contributed by atoms with van der Waals surface area (Å²) in [6.45, 7) is 4.14. The Bertz CT molecular complexity index is 432. The Labute approximate surface area is 112 Å². The molecule has 6 heteroatoms. The quantitative estimate of drug-likeness (QED) is 0.859. The largest absolute Gasteiger partial charge is 0.320 e. The van der Waals surface area contributed by atoms with Gasteiger partial charge in [0, 0.05) is 31.5 Å². The van der Waals surface area contributed by atoms with Gasteiger partial charge < -0.3 is 15.1 Å². The third-order valence-electron chi connectivity index (χ3n) is 3.83. The van der Waals surface area contributed by atoms with Gasteiger partial charge in [-0.2, -0.15) is 0 Å². The molecule has 0 aromatic carbocycles. The van der Waals surface area contributed by atoms with E-state index < -0.39 is 0 Å². The third kappa shape index (κ3) is 2.68. The first kappa shape index (κ1) is 12.3. The Hall–Kier alpha value is -1.69. The van der Waals surface area contributed by atoms with Crippen LogP contribution < -0.4 is 5.32 Å². The minimum atomic E-state index is 0.138. The molecule has 0 spiro atoms. The molecule has 2 fully saturated rings. The molecule has 2 saturated heterocycles. The molecule has 2 aliphatic rings. The predicted octanol–water partition coefficient (Wildman–Crippen LogP) is 0.466. The summed E-state index contributed by atoms with van der Waals surface area (Å²) in [5.41, 5.74) is 0. The highest BCUT2D eigenvalue weighted by molar-refractivity contribution is 5.76. The molecule has 1 N–H and O–H groups in total. The van der Waals surface area contributed by atoms with Crippen LogP contribution in [0.25, 0.3) is 0 Å². The van der Waals surface area contributed by atoms with Gasteiger partial charge in [-0.15, -0.1) is 0 Å². The van der Waals surface area contributed by atoms with Crippen LogP contribution in [-0.2, 0) is 6.54 Å². The van der Waals surface area contributed by atoms with Crippen molar-refractivity contribution in [3.8, 4) is 0 Å². The molecule has 19 heavy (non-hydrogen) atoms. The van der Waals surface area contributed by atoms with E-state index in [4.69, 9.17) is 0 Å². The van der Waals surface area contributed by atoms with Crippen molar-refractivity contribution < 1.29 is 4.79 Å². The Kier molecular flexibility index (Phi) is 3.59. The SMILES string of the molecule is O=C1N(Cc2ncccn2)CCN1C1CCNCC1. The molecule has 3 rings (SSSR count). The Balaban J connectivity index is 1.62. The zero-order valence-electron chi connectivity index (χ0n) is 11.0. The number of aromatic nitrogens is 2. The van der Waals surface area contributed by atoms with Crippen molar-refractivity contribution in [2.45, 2.75) is 25.4 Å². The molecule has 0 radical (unpaired) electrons. The van der Waals surface area contributed by atoms with E-state index in [0.717, 1.165) is 39.0 Å². The van der Waals surface area contributed by atoms with Crippen LogP contribution in [0.5, 0.6) is 0 Å². The number of hydrogen-bond donors (Lipinski definition) is 1. The van der Waals surface area contributed by atoms with E-state index in [1.165, 1.54) is 0 Å². The van der Waals surface area contributed by atoms with Crippen molar-refractivity contribution >= 4 is 6.03 Å². The minimum Gasteiger partial charge on any atom is -0.320 e. The van der Waals surface area contributed by atoms with Gasteiger partial charge in [0.15, 0.2) is 0 Å². The summed E-state index contributed by atoms with van der Waals surface area (Å²) >= 11 is 0. The van der Waals surface area contributed by atoms with E-state index in [1.807, 2.05) is 9.80 Å². The van der Waals surface area contributed by atoms with Gasteiger partial charge in [0.05, 0.1) is 6.54 Å². The van der Waals surface area contributed by atoms with E-state index in [2.05, 4.69) is 15.3 Å². The van der Waals surface area contributed by atoms with Gasteiger partial charge in [-0.25, -0.2) is 14.8 Å². The van der Waals surface area contributed by atoms with Gasteiger partial charge in [-0.05, 0) is 32.0 Å². The van der Waals surface area contributed by atoms with Crippen LogP contribution in [0.4, 0.5) is 4.79 Å². The molecule has 102 valence electrons. The molecule has 0 aliphatic carbocycles. The Morgan fingerprint density at radius 3 is 2.68 bits per heavy atom. The molecular weight excluding hydrogens is 242 g/mol. The summed E-state index contributed by atoms with van der Waals surface area (Å²) in [6.07, 6.45) is 5.55. The van der Waals surface area contributed by atoms with Crippen molar-refractivity contribution in [3.05, 3.63) is 24.3 Å². The van der Waals surface area contributed by atoms with E-state index in [9.17, 15) is 4.79 Å². The number of amides is 2. The summed E-state index contributed by atoms with van der Waals surface area (Å²) in [7, 11) is 0. The molecular formula is C13H19N5O. The summed E-state index contributed by atoms with van der Waals surface area (Å²) in [5, 5.41) is 3.33. The zero-order valence-corrected chi connectivity index (χ0v) is 11.0. The van der Waals surface area contributed by atoms with Gasteiger partial charge in [0.2, 0.25) is 0 Å². The topological polar surface area (TPSA) is 61.4 Å². The third-order valence-corrected chi connectivity index (χ3v) is 3.83. The monoisotopic (exact) mass is 261 g/mol. The first-order valence-electron chi connectivity index (χ1n) is 6.87. The van der Waals surface area contributed by atoms with Crippen LogP contribution in [0.3, 0.4) is 0 Å². The molecule has 1 aromatic heterocycles. The maximum Gasteiger partial charge on any atom is 0.320 e. The van der Waals surface area contributed by atoms with E-state index in [-0.39, 0.29) is 6.03 Å². The fourth-order valence-corrected chi connectivity index (χ4v) is 2.79. The van der Waals surface area contributed by atoms with Crippen LogP contribution in [0.1, 0.15) is 18.7 Å². The minimum absolute atomic E-state index is 0.138. The van der Waals surface area contributed by atoms with Crippen molar-refractivity contribution in [3.63, 3.8) is 0 Å². The lowest BCUT2D eigenvalue weighted by Crippen LogP contribution is -2.45. The smallest absolute Gasteiger partial charge is 0.320 e. The fraction of sp³-hybridized carbons (Fsp3) is 0.615. The van der Waals surface area contributed by atoms with Gasteiger partial charge in [0.25, 0.3) is 0 Å². The first-order valence-corrected chi connectivity index (χ1v) is 6.87. The van der Waals surface area contributed by atoms with Gasteiger partial charge in [-0.3, -0.25) is 0 Å². The molecule has 1 aromatic rings. The highest BCUT2D eigenvalue weighted by atomic mass is 16.2. The highest BCUT2D eigenvalue weighted by Gasteiger charge is 2.34. The zero-order chi connectivity index (χ0) is 13.1. The van der Waals surface area contributed by atoms with Crippen LogP contribution in [0.15, 0.2) is 18.5 Å². The Morgan fingerprint density at radius 2 is 1.95 bits per heavy atom. The van der Waals surface area contributed by atoms with Crippen molar-refractivity contribution in [1.29, 1.82) is 0 Å². The lowest BCUT2D eigenvalue weighted by molar-refractivity contribution is 0.164. The number of carbonyl (C=O) groups is 1. The second-order valence-electron chi connectivity index (χ2n) is 5.04. The number of piperidine rings is 1. The predicted molar refractivity (Wildman–Crippen MR) is 70.4 cm³/mol.